The third-order valence-corrected chi connectivity index (χ3v) is 4.92. The maximum Gasteiger partial charge on any atom is 0.291 e. The van der Waals surface area contributed by atoms with E-state index in [4.69, 9.17) is 14.4 Å². The summed E-state index contributed by atoms with van der Waals surface area (Å²) in [5, 5.41) is 13.0. The Balaban J connectivity index is 1.57. The highest BCUT2D eigenvalue weighted by atomic mass is 16.5. The molecule has 0 radical (unpaired) electrons. The Kier molecular flexibility index (Phi) is 4.95. The van der Waals surface area contributed by atoms with Gasteiger partial charge in [0.25, 0.3) is 5.91 Å². The second-order valence-electron chi connectivity index (χ2n) is 7.01. The van der Waals surface area contributed by atoms with Crippen LogP contribution >= 0.6 is 0 Å². The van der Waals surface area contributed by atoms with Gasteiger partial charge < -0.3 is 14.5 Å². The van der Waals surface area contributed by atoms with Crippen LogP contribution in [0.2, 0.25) is 0 Å². The first-order valence-electron chi connectivity index (χ1n) is 9.41. The minimum atomic E-state index is -0.309. The maximum absolute atomic E-state index is 12.8. The van der Waals surface area contributed by atoms with E-state index in [9.17, 15) is 4.79 Å². The highest BCUT2D eigenvalue weighted by Gasteiger charge is 2.19. The second-order valence-corrected chi connectivity index (χ2v) is 7.01. The standard InChI is InChI=1S/C24H19N3O3/c1-14-6-4-8-19-16(3)22(30-21(14)19)23(28)27-20-10-9-18(12-15(20)2)29-24-17(13-25)7-5-11-26-24/h4-12H,1-3H3,(H,27,28). The van der Waals surface area contributed by atoms with E-state index in [1.807, 2.05) is 39.0 Å². The van der Waals surface area contributed by atoms with Crippen molar-refractivity contribution in [2.75, 3.05) is 5.32 Å². The molecular formula is C24H19N3O3. The van der Waals surface area contributed by atoms with E-state index in [0.29, 0.717) is 22.8 Å². The summed E-state index contributed by atoms with van der Waals surface area (Å²) in [6.45, 7) is 5.69. The van der Waals surface area contributed by atoms with Gasteiger partial charge in [0.15, 0.2) is 5.76 Å². The van der Waals surface area contributed by atoms with Crippen LogP contribution in [-0.4, -0.2) is 10.9 Å². The average Bonchev–Trinajstić information content (AvgIpc) is 3.08. The molecule has 0 bridgehead atoms. The lowest BCUT2D eigenvalue weighted by molar-refractivity contribution is 0.0998. The molecular weight excluding hydrogens is 378 g/mol. The molecule has 0 saturated heterocycles. The lowest BCUT2D eigenvalue weighted by Gasteiger charge is -2.11. The van der Waals surface area contributed by atoms with E-state index < -0.39 is 0 Å². The molecule has 4 rings (SSSR count). The summed E-state index contributed by atoms with van der Waals surface area (Å²) >= 11 is 0. The summed E-state index contributed by atoms with van der Waals surface area (Å²) in [4.78, 5) is 16.9. The number of hydrogen-bond donors (Lipinski definition) is 1. The number of fused-ring (bicyclic) bond motifs is 1. The fraction of sp³-hybridized carbons (Fsp3) is 0.125. The number of hydrogen-bond acceptors (Lipinski definition) is 5. The molecule has 0 unspecified atom stereocenters. The van der Waals surface area contributed by atoms with Crippen LogP contribution in [0.25, 0.3) is 11.0 Å². The molecule has 0 aliphatic rings. The van der Waals surface area contributed by atoms with Crippen LogP contribution in [0.4, 0.5) is 5.69 Å². The van der Waals surface area contributed by atoms with Gasteiger partial charge in [-0.2, -0.15) is 5.26 Å². The molecule has 2 aromatic heterocycles. The Morgan fingerprint density at radius 2 is 1.93 bits per heavy atom. The van der Waals surface area contributed by atoms with E-state index in [2.05, 4.69) is 16.4 Å². The average molecular weight is 397 g/mol. The number of anilines is 1. The zero-order chi connectivity index (χ0) is 21.3. The number of ether oxygens (including phenoxy) is 1. The predicted molar refractivity (Wildman–Crippen MR) is 114 cm³/mol. The summed E-state index contributed by atoms with van der Waals surface area (Å²) in [6, 6.07) is 16.5. The number of aryl methyl sites for hydroxylation is 3. The number of rotatable bonds is 4. The van der Waals surface area contributed by atoms with E-state index in [0.717, 1.165) is 27.7 Å². The molecule has 2 aromatic carbocycles. The zero-order valence-corrected chi connectivity index (χ0v) is 16.8. The van der Waals surface area contributed by atoms with Crippen molar-refractivity contribution in [3.05, 3.63) is 82.7 Å². The minimum absolute atomic E-state index is 0.240. The monoisotopic (exact) mass is 397 g/mol. The van der Waals surface area contributed by atoms with Crippen LogP contribution in [0.5, 0.6) is 11.6 Å². The number of para-hydroxylation sites is 1. The lowest BCUT2D eigenvalue weighted by atomic mass is 10.1. The summed E-state index contributed by atoms with van der Waals surface area (Å²) in [5.41, 5.74) is 4.32. The van der Waals surface area contributed by atoms with E-state index in [1.54, 1.807) is 36.5 Å². The number of amides is 1. The first kappa shape index (κ1) is 19.2. The van der Waals surface area contributed by atoms with Gasteiger partial charge in [-0.25, -0.2) is 4.98 Å². The molecule has 6 nitrogen and oxygen atoms in total. The summed E-state index contributed by atoms with van der Waals surface area (Å²) in [6.07, 6.45) is 1.56. The fourth-order valence-corrected chi connectivity index (χ4v) is 3.29. The Hall–Kier alpha value is -4.11. The number of benzene rings is 2. The summed E-state index contributed by atoms with van der Waals surface area (Å²) in [5.74, 6) is 0.753. The van der Waals surface area contributed by atoms with Gasteiger partial charge in [-0.1, -0.05) is 18.2 Å². The van der Waals surface area contributed by atoms with Crippen molar-refractivity contribution in [3.8, 4) is 17.7 Å². The highest BCUT2D eigenvalue weighted by molar-refractivity contribution is 6.07. The smallest absolute Gasteiger partial charge is 0.291 e. The minimum Gasteiger partial charge on any atom is -0.450 e. The SMILES string of the molecule is Cc1cc(Oc2ncccc2C#N)ccc1NC(=O)c1oc2c(C)cccc2c1C. The second kappa shape index (κ2) is 7.72. The number of aromatic nitrogens is 1. The van der Waals surface area contributed by atoms with Crippen molar-refractivity contribution in [1.82, 2.24) is 4.98 Å². The molecule has 30 heavy (non-hydrogen) atoms. The number of nitrogens with one attached hydrogen (secondary N) is 1. The summed E-state index contributed by atoms with van der Waals surface area (Å²) < 4.78 is 11.6. The molecule has 0 fully saturated rings. The zero-order valence-electron chi connectivity index (χ0n) is 16.8. The molecule has 0 aliphatic carbocycles. The predicted octanol–water partition coefficient (Wildman–Crippen LogP) is 5.67. The van der Waals surface area contributed by atoms with E-state index in [1.165, 1.54) is 0 Å². The molecule has 148 valence electrons. The first-order valence-corrected chi connectivity index (χ1v) is 9.41. The van der Waals surface area contributed by atoms with Crippen LogP contribution in [0.3, 0.4) is 0 Å². The van der Waals surface area contributed by atoms with Crippen molar-refractivity contribution < 1.29 is 13.9 Å². The van der Waals surface area contributed by atoms with Gasteiger partial charge in [0.1, 0.15) is 23.0 Å². The van der Waals surface area contributed by atoms with Gasteiger partial charge in [-0.3, -0.25) is 4.79 Å². The molecule has 0 saturated carbocycles. The van der Waals surface area contributed by atoms with Gasteiger partial charge in [0, 0.05) is 22.8 Å². The Morgan fingerprint density at radius 1 is 1.10 bits per heavy atom. The third kappa shape index (κ3) is 3.49. The van der Waals surface area contributed by atoms with E-state index in [-0.39, 0.29) is 11.8 Å². The first-order chi connectivity index (χ1) is 14.5. The van der Waals surface area contributed by atoms with Gasteiger partial charge >= 0.3 is 0 Å². The molecule has 1 amide bonds. The van der Waals surface area contributed by atoms with Crippen LogP contribution in [0, 0.1) is 32.1 Å². The number of furan rings is 1. The fourth-order valence-electron chi connectivity index (χ4n) is 3.29. The normalized spacial score (nSPS) is 10.6. The van der Waals surface area contributed by atoms with Crippen LogP contribution in [-0.2, 0) is 0 Å². The molecule has 0 atom stereocenters. The molecule has 1 N–H and O–H groups in total. The number of nitrogens with zero attached hydrogens (tertiary/aromatic N) is 2. The van der Waals surface area contributed by atoms with Crippen LogP contribution < -0.4 is 10.1 Å². The molecule has 0 spiro atoms. The molecule has 4 aromatic rings. The number of nitriles is 1. The highest BCUT2D eigenvalue weighted by Crippen LogP contribution is 2.30. The van der Waals surface area contributed by atoms with Crippen molar-refractivity contribution in [2.24, 2.45) is 0 Å². The lowest BCUT2D eigenvalue weighted by Crippen LogP contribution is -2.13. The number of carbonyl (C=O) groups is 1. The van der Waals surface area contributed by atoms with Crippen molar-refractivity contribution in [3.63, 3.8) is 0 Å². The van der Waals surface area contributed by atoms with Gasteiger partial charge in [0.2, 0.25) is 5.88 Å². The Labute approximate surface area is 173 Å². The number of carbonyl (C=O) groups excluding carboxylic acids is 1. The maximum atomic E-state index is 12.8. The van der Waals surface area contributed by atoms with Crippen LogP contribution in [0.15, 0.2) is 59.1 Å². The van der Waals surface area contributed by atoms with Gasteiger partial charge in [-0.05, 0) is 62.2 Å². The molecule has 0 aliphatic heterocycles. The molecule has 2 heterocycles. The topological polar surface area (TPSA) is 88.1 Å². The largest absolute Gasteiger partial charge is 0.450 e. The van der Waals surface area contributed by atoms with Crippen molar-refractivity contribution in [2.45, 2.75) is 20.8 Å². The molecule has 6 heteroatoms. The Morgan fingerprint density at radius 3 is 2.67 bits per heavy atom. The van der Waals surface area contributed by atoms with Gasteiger partial charge in [-0.15, -0.1) is 0 Å². The van der Waals surface area contributed by atoms with E-state index >= 15 is 0 Å². The van der Waals surface area contributed by atoms with Crippen molar-refractivity contribution in [1.29, 1.82) is 5.26 Å². The van der Waals surface area contributed by atoms with Crippen LogP contribution in [0.1, 0.15) is 32.8 Å². The summed E-state index contributed by atoms with van der Waals surface area (Å²) in [7, 11) is 0. The number of pyridine rings is 1. The van der Waals surface area contributed by atoms with Crippen molar-refractivity contribution >= 4 is 22.6 Å². The Bertz CT molecular complexity index is 1320. The quantitative estimate of drug-likeness (QED) is 0.479. The third-order valence-electron chi connectivity index (χ3n) is 4.92. The van der Waals surface area contributed by atoms with Gasteiger partial charge in [0.05, 0.1) is 0 Å².